The molecule has 1 aromatic carbocycles. The van der Waals surface area contributed by atoms with Crippen LogP contribution >= 0.6 is 11.6 Å². The van der Waals surface area contributed by atoms with E-state index < -0.39 is 0 Å². The van der Waals surface area contributed by atoms with E-state index in [4.69, 9.17) is 11.6 Å². The number of carbonyl (C=O) groups is 1. The number of hydrogen-bond acceptors (Lipinski definition) is 2. The molecule has 0 spiro atoms. The van der Waals surface area contributed by atoms with Crippen LogP contribution in [0.1, 0.15) is 51.6 Å². The molecule has 5 heteroatoms. The molecule has 2 aliphatic rings. The van der Waals surface area contributed by atoms with Gasteiger partial charge in [-0.2, -0.15) is 5.10 Å². The third-order valence-corrected chi connectivity index (χ3v) is 5.33. The number of carbonyl (C=O) groups excluding carboxylic acids is 1. The second kappa shape index (κ2) is 5.68. The number of aromatic amines is 1. The van der Waals surface area contributed by atoms with E-state index in [-0.39, 0.29) is 5.91 Å². The second-order valence-corrected chi connectivity index (χ2v) is 7.00. The standard InChI is InChI=1S/C18H20ClN3O/c1-11-10-13(4-5-15(11)19)18(23)22-8-6-14-16(7-9-22)20-21-17(14)12-2-3-12/h4-5,10,12H,2-3,6-9H2,1H3,(H,20,21). The van der Waals surface area contributed by atoms with Crippen molar-refractivity contribution in [2.75, 3.05) is 13.1 Å². The van der Waals surface area contributed by atoms with Crippen LogP contribution in [0.15, 0.2) is 18.2 Å². The molecule has 0 unspecified atom stereocenters. The zero-order valence-corrected chi connectivity index (χ0v) is 14.0. The van der Waals surface area contributed by atoms with E-state index >= 15 is 0 Å². The van der Waals surface area contributed by atoms with E-state index in [1.807, 2.05) is 24.0 Å². The lowest BCUT2D eigenvalue weighted by Gasteiger charge is -2.20. The summed E-state index contributed by atoms with van der Waals surface area (Å²) >= 11 is 6.06. The van der Waals surface area contributed by atoms with Gasteiger partial charge in [0.15, 0.2) is 0 Å². The van der Waals surface area contributed by atoms with E-state index in [2.05, 4.69) is 10.2 Å². The number of aryl methyl sites for hydroxylation is 1. The maximum absolute atomic E-state index is 12.8. The minimum Gasteiger partial charge on any atom is -0.338 e. The van der Waals surface area contributed by atoms with Crippen LogP contribution in [0.4, 0.5) is 0 Å². The van der Waals surface area contributed by atoms with Crippen molar-refractivity contribution in [3.05, 3.63) is 51.3 Å². The van der Waals surface area contributed by atoms with Crippen molar-refractivity contribution in [1.82, 2.24) is 15.1 Å². The Morgan fingerprint density at radius 2 is 2.09 bits per heavy atom. The van der Waals surface area contributed by atoms with Gasteiger partial charge in [0.05, 0.1) is 5.69 Å². The molecule has 0 atom stereocenters. The normalized spacial score (nSPS) is 17.7. The average molecular weight is 330 g/mol. The van der Waals surface area contributed by atoms with Gasteiger partial charge in [0.1, 0.15) is 0 Å². The van der Waals surface area contributed by atoms with E-state index in [1.165, 1.54) is 29.8 Å². The lowest BCUT2D eigenvalue weighted by Crippen LogP contribution is -2.33. The molecule has 120 valence electrons. The van der Waals surface area contributed by atoms with Gasteiger partial charge in [-0.15, -0.1) is 0 Å². The Morgan fingerprint density at radius 3 is 2.83 bits per heavy atom. The highest BCUT2D eigenvalue weighted by Crippen LogP contribution is 2.41. The molecule has 1 aliphatic heterocycles. The molecule has 1 N–H and O–H groups in total. The smallest absolute Gasteiger partial charge is 0.253 e. The molecule has 4 nitrogen and oxygen atoms in total. The van der Waals surface area contributed by atoms with Crippen molar-refractivity contribution in [2.24, 2.45) is 0 Å². The summed E-state index contributed by atoms with van der Waals surface area (Å²) in [6.07, 6.45) is 4.26. The Bertz CT molecular complexity index is 764. The highest BCUT2D eigenvalue weighted by atomic mass is 35.5. The van der Waals surface area contributed by atoms with Crippen molar-refractivity contribution in [3.8, 4) is 0 Å². The van der Waals surface area contributed by atoms with Crippen LogP contribution in [0.5, 0.6) is 0 Å². The van der Waals surface area contributed by atoms with Crippen LogP contribution in [0.2, 0.25) is 5.02 Å². The third kappa shape index (κ3) is 2.76. The molecule has 0 bridgehead atoms. The Balaban J connectivity index is 1.53. The summed E-state index contributed by atoms with van der Waals surface area (Å²) < 4.78 is 0. The summed E-state index contributed by atoms with van der Waals surface area (Å²) in [6, 6.07) is 5.50. The van der Waals surface area contributed by atoms with Crippen molar-refractivity contribution >= 4 is 17.5 Å². The number of rotatable bonds is 2. The molecule has 23 heavy (non-hydrogen) atoms. The number of fused-ring (bicyclic) bond motifs is 1. The topological polar surface area (TPSA) is 49.0 Å². The van der Waals surface area contributed by atoms with Crippen molar-refractivity contribution in [2.45, 2.75) is 38.5 Å². The van der Waals surface area contributed by atoms with Crippen LogP contribution in [0.3, 0.4) is 0 Å². The first-order valence-corrected chi connectivity index (χ1v) is 8.62. The summed E-state index contributed by atoms with van der Waals surface area (Å²) in [7, 11) is 0. The van der Waals surface area contributed by atoms with E-state index in [0.717, 1.165) is 37.1 Å². The summed E-state index contributed by atoms with van der Waals surface area (Å²) in [5.41, 5.74) is 5.48. The largest absolute Gasteiger partial charge is 0.338 e. The van der Waals surface area contributed by atoms with Gasteiger partial charge in [-0.3, -0.25) is 9.89 Å². The number of halogens is 1. The quantitative estimate of drug-likeness (QED) is 0.916. The van der Waals surface area contributed by atoms with Crippen LogP contribution in [0, 0.1) is 6.92 Å². The molecular weight excluding hydrogens is 310 g/mol. The zero-order valence-electron chi connectivity index (χ0n) is 13.2. The minimum absolute atomic E-state index is 0.0934. The number of hydrogen-bond donors (Lipinski definition) is 1. The van der Waals surface area contributed by atoms with Gasteiger partial charge in [-0.1, -0.05) is 11.6 Å². The summed E-state index contributed by atoms with van der Waals surface area (Å²) in [5, 5.41) is 8.41. The Kier molecular flexibility index (Phi) is 3.64. The van der Waals surface area contributed by atoms with Crippen molar-refractivity contribution in [3.63, 3.8) is 0 Å². The SMILES string of the molecule is Cc1cc(C(=O)N2CCc3[nH]nc(C4CC4)c3CC2)ccc1Cl. The number of nitrogens with one attached hydrogen (secondary N) is 1. The molecule has 1 amide bonds. The van der Waals surface area contributed by atoms with Gasteiger partial charge in [0.2, 0.25) is 0 Å². The molecule has 4 rings (SSSR count). The summed E-state index contributed by atoms with van der Waals surface area (Å²) in [5.74, 6) is 0.743. The van der Waals surface area contributed by atoms with E-state index in [9.17, 15) is 4.79 Å². The van der Waals surface area contributed by atoms with Gasteiger partial charge >= 0.3 is 0 Å². The fourth-order valence-electron chi connectivity index (χ4n) is 3.37. The molecule has 1 aliphatic carbocycles. The highest BCUT2D eigenvalue weighted by molar-refractivity contribution is 6.31. The highest BCUT2D eigenvalue weighted by Gasteiger charge is 2.31. The molecule has 0 radical (unpaired) electrons. The average Bonchev–Trinajstić information content (AvgIpc) is 3.34. The van der Waals surface area contributed by atoms with Crippen molar-refractivity contribution in [1.29, 1.82) is 0 Å². The van der Waals surface area contributed by atoms with Crippen molar-refractivity contribution < 1.29 is 4.79 Å². The molecule has 2 aromatic rings. The van der Waals surface area contributed by atoms with Gasteiger partial charge in [-0.05, 0) is 55.5 Å². The lowest BCUT2D eigenvalue weighted by molar-refractivity contribution is 0.0762. The molecule has 2 heterocycles. The Morgan fingerprint density at radius 1 is 1.30 bits per heavy atom. The van der Waals surface area contributed by atoms with Gasteiger partial charge < -0.3 is 4.90 Å². The van der Waals surface area contributed by atoms with Crippen LogP contribution < -0.4 is 0 Å². The van der Waals surface area contributed by atoms with Gasteiger partial charge in [0.25, 0.3) is 5.91 Å². The summed E-state index contributed by atoms with van der Waals surface area (Å²) in [4.78, 5) is 14.7. The molecule has 1 fully saturated rings. The fourth-order valence-corrected chi connectivity index (χ4v) is 3.48. The molecule has 0 saturated heterocycles. The predicted octanol–water partition coefficient (Wildman–Crippen LogP) is 3.49. The van der Waals surface area contributed by atoms with E-state index in [1.54, 1.807) is 6.07 Å². The number of benzene rings is 1. The predicted molar refractivity (Wildman–Crippen MR) is 90.1 cm³/mol. The Labute approximate surface area is 140 Å². The van der Waals surface area contributed by atoms with Gasteiger partial charge in [0, 0.05) is 41.7 Å². The lowest BCUT2D eigenvalue weighted by atomic mass is 10.1. The fraction of sp³-hybridized carbons (Fsp3) is 0.444. The zero-order chi connectivity index (χ0) is 16.0. The van der Waals surface area contributed by atoms with Crippen LogP contribution in [-0.2, 0) is 12.8 Å². The van der Waals surface area contributed by atoms with Gasteiger partial charge in [-0.25, -0.2) is 0 Å². The molecule has 1 saturated carbocycles. The maximum Gasteiger partial charge on any atom is 0.253 e. The Hall–Kier alpha value is -1.81. The van der Waals surface area contributed by atoms with Crippen LogP contribution in [-0.4, -0.2) is 34.1 Å². The van der Waals surface area contributed by atoms with E-state index in [0.29, 0.717) is 10.9 Å². The number of H-pyrrole nitrogens is 1. The second-order valence-electron chi connectivity index (χ2n) is 6.60. The van der Waals surface area contributed by atoms with Crippen LogP contribution in [0.25, 0.3) is 0 Å². The monoisotopic (exact) mass is 329 g/mol. The first kappa shape index (κ1) is 14.8. The maximum atomic E-state index is 12.8. The third-order valence-electron chi connectivity index (χ3n) is 4.90. The summed E-state index contributed by atoms with van der Waals surface area (Å²) in [6.45, 7) is 3.42. The first-order chi connectivity index (χ1) is 11.1. The first-order valence-electron chi connectivity index (χ1n) is 8.25. The molecular formula is C18H20ClN3O. The number of amides is 1. The number of nitrogens with zero attached hydrogens (tertiary/aromatic N) is 2. The molecule has 1 aromatic heterocycles. The minimum atomic E-state index is 0.0934. The number of aromatic nitrogens is 2.